The lowest BCUT2D eigenvalue weighted by Gasteiger charge is -2.37. The number of carbonyl (C=O) groups excluding carboxylic acids is 1. The SMILES string of the molecule is CCOC(=O)/C=C(/F)C(F)(F)C(F)(F)C(F)(F)C(F)(F)C(F)(F)Cl. The van der Waals surface area contributed by atoms with E-state index in [0.717, 1.165) is 6.92 Å². The van der Waals surface area contributed by atoms with E-state index >= 15 is 0 Å². The summed E-state index contributed by atoms with van der Waals surface area (Å²) < 4.78 is 145. The number of hydrogen-bond acceptors (Lipinski definition) is 2. The molecular formula is C10H6ClF11O2. The molecule has 2 nitrogen and oxygen atoms in total. The number of allylic oxidation sites excluding steroid dienone is 1. The third-order valence-electron chi connectivity index (χ3n) is 2.37. The van der Waals surface area contributed by atoms with Gasteiger partial charge in [0.15, 0.2) is 5.83 Å². The fourth-order valence-electron chi connectivity index (χ4n) is 1.10. The molecule has 0 saturated heterocycles. The first-order valence-corrected chi connectivity index (χ1v) is 5.88. The predicted molar refractivity (Wildman–Crippen MR) is 56.4 cm³/mol. The number of ether oxygens (including phenoxy) is 1. The molecule has 142 valence electrons. The monoisotopic (exact) mass is 402 g/mol. The van der Waals surface area contributed by atoms with E-state index in [0.29, 0.717) is 0 Å². The molecule has 0 fully saturated rings. The Kier molecular flexibility index (Phi) is 6.21. The van der Waals surface area contributed by atoms with Gasteiger partial charge in [-0.15, -0.1) is 0 Å². The van der Waals surface area contributed by atoms with Gasteiger partial charge in [-0.25, -0.2) is 9.18 Å². The molecule has 0 N–H and O–H groups in total. The Morgan fingerprint density at radius 2 is 1.33 bits per heavy atom. The van der Waals surface area contributed by atoms with Crippen molar-refractivity contribution in [1.29, 1.82) is 0 Å². The Balaban J connectivity index is 6.07. The largest absolute Gasteiger partial charge is 0.463 e. The van der Waals surface area contributed by atoms with Gasteiger partial charge in [0.1, 0.15) is 0 Å². The normalized spacial score (nSPS) is 15.5. The summed E-state index contributed by atoms with van der Waals surface area (Å²) in [7, 11) is 0. The lowest BCUT2D eigenvalue weighted by molar-refractivity contribution is -0.385. The van der Waals surface area contributed by atoms with E-state index < -0.39 is 53.6 Å². The molecule has 0 heterocycles. The Labute approximate surface area is 131 Å². The van der Waals surface area contributed by atoms with Crippen molar-refractivity contribution in [2.45, 2.75) is 36.0 Å². The topological polar surface area (TPSA) is 26.3 Å². The molecule has 24 heavy (non-hydrogen) atoms. The van der Waals surface area contributed by atoms with Crippen molar-refractivity contribution < 1.29 is 57.8 Å². The maximum absolute atomic E-state index is 13.1. The molecule has 0 radical (unpaired) electrons. The summed E-state index contributed by atoms with van der Waals surface area (Å²) >= 11 is 3.55. The van der Waals surface area contributed by atoms with Crippen molar-refractivity contribution in [3.8, 4) is 0 Å². The van der Waals surface area contributed by atoms with Gasteiger partial charge >= 0.3 is 35.0 Å². The molecule has 0 aliphatic heterocycles. The first kappa shape index (κ1) is 22.7. The molecule has 0 unspecified atom stereocenters. The number of esters is 1. The highest BCUT2D eigenvalue weighted by molar-refractivity contribution is 6.22. The Morgan fingerprint density at radius 3 is 1.67 bits per heavy atom. The van der Waals surface area contributed by atoms with Gasteiger partial charge in [0.25, 0.3) is 0 Å². The third-order valence-corrected chi connectivity index (χ3v) is 2.61. The third kappa shape index (κ3) is 3.54. The highest BCUT2D eigenvalue weighted by atomic mass is 35.5. The molecule has 0 rings (SSSR count). The van der Waals surface area contributed by atoms with Crippen LogP contribution in [0.5, 0.6) is 0 Å². The van der Waals surface area contributed by atoms with Crippen LogP contribution in [0.4, 0.5) is 48.3 Å². The van der Waals surface area contributed by atoms with Crippen LogP contribution in [0.2, 0.25) is 0 Å². The van der Waals surface area contributed by atoms with E-state index in [9.17, 15) is 53.1 Å². The number of carbonyl (C=O) groups is 1. The molecule has 0 aromatic rings. The highest BCUT2D eigenvalue weighted by Gasteiger charge is 2.87. The van der Waals surface area contributed by atoms with Gasteiger partial charge in [0.2, 0.25) is 0 Å². The standard InChI is InChI=1S/C10H6ClF11O2/c1-2-24-5(23)3-4(12)6(13,14)7(15,16)8(17,18)9(19,20)10(11,21)22/h3H,2H2,1H3/b4-3+. The highest BCUT2D eigenvalue weighted by Crippen LogP contribution is 2.59. The van der Waals surface area contributed by atoms with Crippen molar-refractivity contribution in [2.75, 3.05) is 6.61 Å². The van der Waals surface area contributed by atoms with E-state index in [-0.39, 0.29) is 0 Å². The zero-order chi connectivity index (χ0) is 19.8. The van der Waals surface area contributed by atoms with E-state index in [4.69, 9.17) is 0 Å². The second-order valence-electron chi connectivity index (χ2n) is 4.04. The summed E-state index contributed by atoms with van der Waals surface area (Å²) in [6.45, 7) is 0.491. The molecule has 0 aliphatic carbocycles. The van der Waals surface area contributed by atoms with Crippen LogP contribution in [-0.2, 0) is 9.53 Å². The van der Waals surface area contributed by atoms with Gasteiger partial charge < -0.3 is 4.74 Å². The van der Waals surface area contributed by atoms with Crippen molar-refractivity contribution in [3.63, 3.8) is 0 Å². The van der Waals surface area contributed by atoms with Gasteiger partial charge in [0, 0.05) is 0 Å². The number of hydrogen-bond donors (Lipinski definition) is 0. The van der Waals surface area contributed by atoms with Crippen LogP contribution in [0.15, 0.2) is 11.9 Å². The molecule has 0 bridgehead atoms. The summed E-state index contributed by atoms with van der Waals surface area (Å²) in [4.78, 5) is 10.6. The smallest absolute Gasteiger partial charge is 0.393 e. The van der Waals surface area contributed by atoms with Gasteiger partial charge in [-0.05, 0) is 18.5 Å². The summed E-state index contributed by atoms with van der Waals surface area (Å²) in [6.07, 6.45) is -1.02. The van der Waals surface area contributed by atoms with E-state index in [1.165, 1.54) is 0 Å². The molecule has 0 aromatic heterocycles. The zero-order valence-electron chi connectivity index (χ0n) is 11.1. The van der Waals surface area contributed by atoms with E-state index in [2.05, 4.69) is 16.3 Å². The van der Waals surface area contributed by atoms with Crippen LogP contribution in [-0.4, -0.2) is 41.6 Å². The van der Waals surface area contributed by atoms with Crippen LogP contribution >= 0.6 is 11.6 Å². The fraction of sp³-hybridized carbons (Fsp3) is 0.700. The molecule has 0 amide bonds. The summed E-state index contributed by atoms with van der Waals surface area (Å²) in [5.41, 5.74) is 0. The van der Waals surface area contributed by atoms with Crippen molar-refractivity contribution in [2.24, 2.45) is 0 Å². The number of halogens is 12. The van der Waals surface area contributed by atoms with Gasteiger partial charge in [-0.1, -0.05) is 0 Å². The van der Waals surface area contributed by atoms with E-state index in [1.807, 2.05) is 0 Å². The average molecular weight is 403 g/mol. The van der Waals surface area contributed by atoms with Gasteiger partial charge in [-0.3, -0.25) is 0 Å². The summed E-state index contributed by atoms with van der Waals surface area (Å²) in [5, 5.41) is -6.38. The molecular weight excluding hydrogens is 397 g/mol. The van der Waals surface area contributed by atoms with Crippen LogP contribution in [0, 0.1) is 0 Å². The minimum atomic E-state index is -7.51. The maximum atomic E-state index is 13.1. The molecule has 0 aromatic carbocycles. The summed E-state index contributed by atoms with van der Waals surface area (Å²) in [5.74, 6) is -34.5. The second kappa shape index (κ2) is 6.56. The maximum Gasteiger partial charge on any atom is 0.393 e. The molecule has 0 aliphatic rings. The minimum Gasteiger partial charge on any atom is -0.463 e. The minimum absolute atomic E-state index is 0.572. The lowest BCUT2D eigenvalue weighted by atomic mass is 9.97. The van der Waals surface area contributed by atoms with E-state index in [1.54, 1.807) is 0 Å². The number of rotatable bonds is 7. The van der Waals surface area contributed by atoms with Crippen LogP contribution < -0.4 is 0 Å². The van der Waals surface area contributed by atoms with Gasteiger partial charge in [-0.2, -0.15) is 43.9 Å². The molecule has 0 atom stereocenters. The molecule has 14 heteroatoms. The average Bonchev–Trinajstić information content (AvgIpc) is 2.36. The molecule has 0 spiro atoms. The lowest BCUT2D eigenvalue weighted by Crippen LogP contribution is -2.66. The van der Waals surface area contributed by atoms with Crippen molar-refractivity contribution >= 4 is 17.6 Å². The zero-order valence-corrected chi connectivity index (χ0v) is 11.9. The second-order valence-corrected chi connectivity index (χ2v) is 4.51. The van der Waals surface area contributed by atoms with Crippen molar-refractivity contribution in [1.82, 2.24) is 0 Å². The first-order chi connectivity index (χ1) is 10.4. The Morgan fingerprint density at radius 1 is 0.917 bits per heavy atom. The predicted octanol–water partition coefficient (Wildman–Crippen LogP) is 4.78. The fourth-order valence-corrected chi connectivity index (χ4v) is 1.22. The van der Waals surface area contributed by atoms with Gasteiger partial charge in [0.05, 0.1) is 12.7 Å². The first-order valence-electron chi connectivity index (χ1n) is 5.50. The Hall–Kier alpha value is -1.27. The van der Waals surface area contributed by atoms with Crippen molar-refractivity contribution in [3.05, 3.63) is 11.9 Å². The summed E-state index contributed by atoms with van der Waals surface area (Å²) in [6, 6.07) is 0. The van der Waals surface area contributed by atoms with Crippen LogP contribution in [0.3, 0.4) is 0 Å². The Bertz CT molecular complexity index is 509. The molecule has 0 saturated carbocycles. The quantitative estimate of drug-likeness (QED) is 0.265. The van der Waals surface area contributed by atoms with Crippen LogP contribution in [0.1, 0.15) is 6.92 Å². The van der Waals surface area contributed by atoms with Crippen LogP contribution in [0.25, 0.3) is 0 Å². The number of alkyl halides is 11.